The van der Waals surface area contributed by atoms with Gasteiger partial charge in [-0.2, -0.15) is 0 Å². The van der Waals surface area contributed by atoms with E-state index in [1.54, 1.807) is 19.2 Å². The van der Waals surface area contributed by atoms with Crippen molar-refractivity contribution in [2.45, 2.75) is 0 Å². The first-order chi connectivity index (χ1) is 11.8. The average Bonchev–Trinajstić information content (AvgIpc) is 2.65. The molecule has 0 aliphatic rings. The molecule has 0 saturated carbocycles. The molecular formula is C20H19NO3. The number of fused-ring (bicyclic) bond motifs is 1. The molecule has 122 valence electrons. The molecule has 0 spiro atoms. The van der Waals surface area contributed by atoms with E-state index in [0.717, 1.165) is 16.5 Å². The number of carbonyl (C=O) groups is 1. The Hall–Kier alpha value is -3.01. The lowest BCUT2D eigenvalue weighted by atomic mass is 10.1. The minimum Gasteiger partial charge on any atom is -0.496 e. The first-order valence-corrected chi connectivity index (χ1v) is 7.81. The Morgan fingerprint density at radius 3 is 2.50 bits per heavy atom. The number of hydrogen-bond acceptors (Lipinski definition) is 3. The smallest absolute Gasteiger partial charge is 0.255 e. The maximum atomic E-state index is 12.2. The Labute approximate surface area is 141 Å². The van der Waals surface area contributed by atoms with Gasteiger partial charge in [-0.15, -0.1) is 0 Å². The van der Waals surface area contributed by atoms with Crippen LogP contribution in [0.3, 0.4) is 0 Å². The maximum absolute atomic E-state index is 12.2. The lowest BCUT2D eigenvalue weighted by Crippen LogP contribution is -2.28. The van der Waals surface area contributed by atoms with Gasteiger partial charge in [-0.1, -0.05) is 48.5 Å². The third-order valence-corrected chi connectivity index (χ3v) is 3.75. The number of para-hydroxylation sites is 1. The van der Waals surface area contributed by atoms with Gasteiger partial charge in [0.15, 0.2) is 0 Å². The number of ether oxygens (including phenoxy) is 2. The number of amides is 1. The first-order valence-electron chi connectivity index (χ1n) is 7.81. The van der Waals surface area contributed by atoms with Crippen LogP contribution in [0.25, 0.3) is 10.8 Å². The summed E-state index contributed by atoms with van der Waals surface area (Å²) in [6.07, 6.45) is 0. The van der Waals surface area contributed by atoms with E-state index < -0.39 is 0 Å². The van der Waals surface area contributed by atoms with E-state index in [9.17, 15) is 4.79 Å². The average molecular weight is 321 g/mol. The van der Waals surface area contributed by atoms with Crippen LogP contribution in [0, 0.1) is 0 Å². The molecule has 0 unspecified atom stereocenters. The molecule has 1 N–H and O–H groups in total. The number of hydrogen-bond donors (Lipinski definition) is 1. The van der Waals surface area contributed by atoms with E-state index >= 15 is 0 Å². The largest absolute Gasteiger partial charge is 0.496 e. The summed E-state index contributed by atoms with van der Waals surface area (Å²) in [6, 6.07) is 21.1. The third-order valence-electron chi connectivity index (χ3n) is 3.75. The van der Waals surface area contributed by atoms with Crippen LogP contribution in [0.1, 0.15) is 10.4 Å². The van der Waals surface area contributed by atoms with Gasteiger partial charge in [-0.25, -0.2) is 0 Å². The van der Waals surface area contributed by atoms with Gasteiger partial charge in [-0.3, -0.25) is 4.79 Å². The maximum Gasteiger partial charge on any atom is 0.255 e. The summed E-state index contributed by atoms with van der Waals surface area (Å²) in [6.45, 7) is 0.814. The zero-order chi connectivity index (χ0) is 16.8. The monoisotopic (exact) mass is 321 g/mol. The SMILES string of the molecule is COc1ccccc1C(=O)NCCOc1cccc2ccccc12. The van der Waals surface area contributed by atoms with Crippen molar-refractivity contribution in [3.8, 4) is 11.5 Å². The Morgan fingerprint density at radius 1 is 0.917 bits per heavy atom. The predicted octanol–water partition coefficient (Wildman–Crippen LogP) is 3.66. The summed E-state index contributed by atoms with van der Waals surface area (Å²) in [5.41, 5.74) is 0.519. The Morgan fingerprint density at radius 2 is 1.62 bits per heavy atom. The van der Waals surface area contributed by atoms with Gasteiger partial charge in [0, 0.05) is 5.39 Å². The summed E-state index contributed by atoms with van der Waals surface area (Å²) in [5, 5.41) is 5.05. The molecule has 3 rings (SSSR count). The second-order valence-corrected chi connectivity index (χ2v) is 5.28. The number of rotatable bonds is 6. The quantitative estimate of drug-likeness (QED) is 0.705. The number of benzene rings is 3. The molecule has 1 amide bonds. The van der Waals surface area contributed by atoms with Crippen molar-refractivity contribution in [2.75, 3.05) is 20.3 Å². The van der Waals surface area contributed by atoms with Crippen LogP contribution in [0.15, 0.2) is 66.7 Å². The molecule has 0 aromatic heterocycles. The minimum atomic E-state index is -0.172. The van der Waals surface area contributed by atoms with E-state index in [2.05, 4.69) is 5.32 Å². The molecule has 4 heteroatoms. The van der Waals surface area contributed by atoms with Crippen LogP contribution < -0.4 is 14.8 Å². The Bertz CT molecular complexity index is 840. The standard InChI is InChI=1S/C20H19NO3/c1-23-18-11-5-4-10-17(18)20(22)21-13-14-24-19-12-6-8-15-7-2-3-9-16(15)19/h2-12H,13-14H2,1H3,(H,21,22). The van der Waals surface area contributed by atoms with Crippen LogP contribution in [-0.2, 0) is 0 Å². The van der Waals surface area contributed by atoms with E-state index in [1.165, 1.54) is 0 Å². The summed E-state index contributed by atoms with van der Waals surface area (Å²) < 4.78 is 11.0. The molecule has 0 radical (unpaired) electrons. The van der Waals surface area contributed by atoms with E-state index in [4.69, 9.17) is 9.47 Å². The molecule has 0 aliphatic heterocycles. The molecular weight excluding hydrogens is 302 g/mol. The van der Waals surface area contributed by atoms with Crippen LogP contribution in [0.4, 0.5) is 0 Å². The minimum absolute atomic E-state index is 0.172. The Balaban J connectivity index is 1.58. The Kier molecular flexibility index (Phi) is 4.96. The molecule has 0 saturated heterocycles. The second kappa shape index (κ2) is 7.51. The van der Waals surface area contributed by atoms with Gasteiger partial charge in [0.1, 0.15) is 18.1 Å². The first kappa shape index (κ1) is 15.9. The second-order valence-electron chi connectivity index (χ2n) is 5.28. The van der Waals surface area contributed by atoms with Gasteiger partial charge in [0.05, 0.1) is 19.2 Å². The van der Waals surface area contributed by atoms with Gasteiger partial charge in [-0.05, 0) is 23.6 Å². The van der Waals surface area contributed by atoms with Crippen molar-refractivity contribution in [1.29, 1.82) is 0 Å². The number of methoxy groups -OCH3 is 1. The summed E-state index contributed by atoms with van der Waals surface area (Å²) >= 11 is 0. The lowest BCUT2D eigenvalue weighted by molar-refractivity contribution is 0.0944. The number of nitrogens with one attached hydrogen (secondary N) is 1. The third kappa shape index (κ3) is 3.49. The molecule has 0 heterocycles. The van der Waals surface area contributed by atoms with E-state index in [1.807, 2.05) is 54.6 Å². The molecule has 3 aromatic rings. The molecule has 3 aromatic carbocycles. The summed E-state index contributed by atoms with van der Waals surface area (Å²) in [4.78, 5) is 12.2. The highest BCUT2D eigenvalue weighted by atomic mass is 16.5. The fourth-order valence-corrected chi connectivity index (χ4v) is 2.57. The van der Waals surface area contributed by atoms with Gasteiger partial charge >= 0.3 is 0 Å². The normalized spacial score (nSPS) is 10.4. The fourth-order valence-electron chi connectivity index (χ4n) is 2.57. The van der Waals surface area contributed by atoms with Crippen molar-refractivity contribution in [2.24, 2.45) is 0 Å². The van der Waals surface area contributed by atoms with Gasteiger partial charge < -0.3 is 14.8 Å². The topological polar surface area (TPSA) is 47.6 Å². The van der Waals surface area contributed by atoms with Gasteiger partial charge in [0.25, 0.3) is 5.91 Å². The van der Waals surface area contributed by atoms with Crippen molar-refractivity contribution in [3.63, 3.8) is 0 Å². The van der Waals surface area contributed by atoms with Crippen LogP contribution in [0.2, 0.25) is 0 Å². The molecule has 24 heavy (non-hydrogen) atoms. The van der Waals surface area contributed by atoms with E-state index in [0.29, 0.717) is 24.5 Å². The van der Waals surface area contributed by atoms with Crippen molar-refractivity contribution in [1.82, 2.24) is 5.32 Å². The lowest BCUT2D eigenvalue weighted by Gasteiger charge is -2.11. The zero-order valence-electron chi connectivity index (χ0n) is 13.5. The van der Waals surface area contributed by atoms with Crippen molar-refractivity contribution < 1.29 is 14.3 Å². The van der Waals surface area contributed by atoms with Crippen molar-refractivity contribution >= 4 is 16.7 Å². The highest BCUT2D eigenvalue weighted by Crippen LogP contribution is 2.24. The molecule has 0 atom stereocenters. The zero-order valence-corrected chi connectivity index (χ0v) is 13.5. The fraction of sp³-hybridized carbons (Fsp3) is 0.150. The highest BCUT2D eigenvalue weighted by Gasteiger charge is 2.10. The number of carbonyl (C=O) groups excluding carboxylic acids is 1. The molecule has 0 fully saturated rings. The molecule has 0 bridgehead atoms. The van der Waals surface area contributed by atoms with Gasteiger partial charge in [0.2, 0.25) is 0 Å². The van der Waals surface area contributed by atoms with Crippen LogP contribution in [0.5, 0.6) is 11.5 Å². The highest BCUT2D eigenvalue weighted by molar-refractivity contribution is 5.96. The van der Waals surface area contributed by atoms with Crippen LogP contribution >= 0.6 is 0 Å². The van der Waals surface area contributed by atoms with E-state index in [-0.39, 0.29) is 5.91 Å². The summed E-state index contributed by atoms with van der Waals surface area (Å²) in [7, 11) is 1.55. The van der Waals surface area contributed by atoms with Crippen molar-refractivity contribution in [3.05, 3.63) is 72.3 Å². The molecule has 4 nitrogen and oxygen atoms in total. The predicted molar refractivity (Wildman–Crippen MR) is 94.8 cm³/mol. The van der Waals surface area contributed by atoms with Crippen LogP contribution in [-0.4, -0.2) is 26.2 Å². The summed E-state index contributed by atoms with van der Waals surface area (Å²) in [5.74, 6) is 1.21. The molecule has 0 aliphatic carbocycles.